The number of unbranched alkanes of at least 4 members (excludes halogenated alkanes) is 10. The van der Waals surface area contributed by atoms with Crippen molar-refractivity contribution in [2.24, 2.45) is 0 Å². The Morgan fingerprint density at radius 3 is 1.47 bits per heavy atom. The minimum absolute atomic E-state index is 0.350. The van der Waals surface area contributed by atoms with Gasteiger partial charge in [0.05, 0.1) is 15.0 Å². The van der Waals surface area contributed by atoms with Crippen molar-refractivity contribution in [3.8, 4) is 0 Å². The molecule has 176 valence electrons. The zero-order valence-corrected chi connectivity index (χ0v) is 22.8. The molecule has 0 unspecified atom stereocenters. The van der Waals surface area contributed by atoms with Crippen LogP contribution in [0.2, 0.25) is 0 Å². The van der Waals surface area contributed by atoms with Crippen LogP contribution in [0.3, 0.4) is 0 Å². The van der Waals surface area contributed by atoms with Crippen molar-refractivity contribution >= 4 is 53.9 Å². The molecule has 32 heavy (non-hydrogen) atoms. The molecule has 0 saturated heterocycles. The average Bonchev–Trinajstić information content (AvgIpc) is 3.26. The van der Waals surface area contributed by atoms with Crippen LogP contribution in [0.4, 0.5) is 0 Å². The lowest BCUT2D eigenvalue weighted by Crippen LogP contribution is -2.13. The highest BCUT2D eigenvalue weighted by Gasteiger charge is 2.21. The van der Waals surface area contributed by atoms with Gasteiger partial charge in [0.1, 0.15) is 22.1 Å². The molecule has 0 saturated carbocycles. The van der Waals surface area contributed by atoms with Crippen molar-refractivity contribution in [1.29, 1.82) is 0 Å². The Kier molecular flexibility index (Phi) is 10.8. The van der Waals surface area contributed by atoms with E-state index in [0.29, 0.717) is 6.04 Å². The molecule has 0 radical (unpaired) electrons. The monoisotopic (exact) mass is 565 g/mol. The highest BCUT2D eigenvalue weighted by molar-refractivity contribution is 9.11. The number of hydrogen-bond donors (Lipinski definition) is 0. The first-order valence-electron chi connectivity index (χ1n) is 12.5. The molecule has 0 amide bonds. The summed E-state index contributed by atoms with van der Waals surface area (Å²) in [6, 6.07) is 0.350. The van der Waals surface area contributed by atoms with Gasteiger partial charge in [-0.3, -0.25) is 9.97 Å². The van der Waals surface area contributed by atoms with Gasteiger partial charge in [-0.2, -0.15) is 15.0 Å². The topological polar surface area (TPSA) is 56.5 Å². The van der Waals surface area contributed by atoms with Crippen LogP contribution in [-0.4, -0.2) is 25.0 Å². The lowest BCUT2D eigenvalue weighted by molar-refractivity contribution is 0.337. The van der Waals surface area contributed by atoms with Crippen LogP contribution >= 0.6 is 31.9 Å². The third-order valence-corrected chi connectivity index (χ3v) is 7.77. The number of hydrogen-bond acceptors (Lipinski definition) is 4. The van der Waals surface area contributed by atoms with Crippen LogP contribution in [0, 0.1) is 0 Å². The van der Waals surface area contributed by atoms with Crippen LogP contribution in [0.5, 0.6) is 0 Å². The molecule has 0 aliphatic rings. The van der Waals surface area contributed by atoms with Crippen LogP contribution < -0.4 is 0 Å². The highest BCUT2D eigenvalue weighted by atomic mass is 79.9. The van der Waals surface area contributed by atoms with Crippen molar-refractivity contribution in [2.45, 2.75) is 110 Å². The zero-order valence-electron chi connectivity index (χ0n) is 19.6. The van der Waals surface area contributed by atoms with Crippen molar-refractivity contribution in [1.82, 2.24) is 25.0 Å². The van der Waals surface area contributed by atoms with Gasteiger partial charge in [-0.05, 0) is 44.7 Å². The molecular formula is C25H37Br2N5. The average molecular weight is 567 g/mol. The van der Waals surface area contributed by atoms with Crippen LogP contribution in [-0.2, 0) is 0 Å². The smallest absolute Gasteiger partial charge is 0.130 e. The summed E-state index contributed by atoms with van der Waals surface area (Å²) >= 11 is 7.43. The largest absolute Gasteiger partial charge is 0.252 e. The summed E-state index contributed by atoms with van der Waals surface area (Å²) < 4.78 is 1.76. The fourth-order valence-electron chi connectivity index (χ4n) is 4.36. The second-order valence-electron chi connectivity index (χ2n) is 8.87. The van der Waals surface area contributed by atoms with Crippen LogP contribution in [0.1, 0.15) is 110 Å². The Morgan fingerprint density at radius 2 is 1.03 bits per heavy atom. The summed E-state index contributed by atoms with van der Waals surface area (Å²) in [4.78, 5) is 11.0. The molecule has 5 nitrogen and oxygen atoms in total. The fourth-order valence-corrected chi connectivity index (χ4v) is 5.47. The number of halogens is 2. The molecule has 0 aliphatic heterocycles. The minimum Gasteiger partial charge on any atom is -0.252 e. The maximum Gasteiger partial charge on any atom is 0.130 e. The van der Waals surface area contributed by atoms with E-state index in [1.54, 1.807) is 12.4 Å². The zero-order chi connectivity index (χ0) is 22.8. The predicted octanol–water partition coefficient (Wildman–Crippen LogP) is 8.94. The van der Waals surface area contributed by atoms with Crippen molar-refractivity contribution in [2.75, 3.05) is 0 Å². The third-order valence-electron chi connectivity index (χ3n) is 6.27. The number of nitrogens with zero attached hydrogens (tertiary/aromatic N) is 5. The molecule has 2 heterocycles. The van der Waals surface area contributed by atoms with E-state index < -0.39 is 0 Å². The first-order valence-corrected chi connectivity index (χ1v) is 14.1. The molecule has 1 aromatic carbocycles. The van der Waals surface area contributed by atoms with E-state index in [9.17, 15) is 0 Å². The van der Waals surface area contributed by atoms with Crippen LogP contribution in [0.15, 0.2) is 21.3 Å². The van der Waals surface area contributed by atoms with E-state index in [0.717, 1.165) is 43.9 Å². The number of benzene rings is 1. The number of rotatable bonds is 15. The van der Waals surface area contributed by atoms with Gasteiger partial charge in [0, 0.05) is 12.4 Å². The normalized spacial score (nSPS) is 11.9. The maximum absolute atomic E-state index is 4.94. The molecule has 2 aromatic heterocycles. The lowest BCUT2D eigenvalue weighted by Gasteiger charge is -2.16. The van der Waals surface area contributed by atoms with E-state index in [2.05, 4.69) is 55.7 Å². The second-order valence-corrected chi connectivity index (χ2v) is 10.5. The standard InChI is InChI=1S/C25H37Br2N5/c1-3-5-7-9-11-13-15-19(16-14-12-10-8-6-4-2)32-30-24-20(26)22-23(29-18-17-28-22)21(27)25(24)31-32/h17-19H,3-16H2,1-2H3. The molecule has 0 N–H and O–H groups in total. The van der Waals surface area contributed by atoms with E-state index in [1.807, 2.05) is 4.80 Å². The lowest BCUT2D eigenvalue weighted by atomic mass is 10.0. The van der Waals surface area contributed by atoms with Gasteiger partial charge in [0.15, 0.2) is 0 Å². The first-order chi connectivity index (χ1) is 15.7. The summed E-state index contributed by atoms with van der Waals surface area (Å²) in [5.74, 6) is 0. The quantitative estimate of drug-likeness (QED) is 0.172. The summed E-state index contributed by atoms with van der Waals surface area (Å²) in [6.45, 7) is 4.55. The van der Waals surface area contributed by atoms with E-state index in [1.165, 1.54) is 77.0 Å². The first kappa shape index (κ1) is 25.5. The summed E-state index contributed by atoms with van der Waals surface area (Å²) in [5, 5.41) is 9.88. The van der Waals surface area contributed by atoms with Gasteiger partial charge in [0.25, 0.3) is 0 Å². The molecular weight excluding hydrogens is 530 g/mol. The Morgan fingerprint density at radius 1 is 0.625 bits per heavy atom. The van der Waals surface area contributed by atoms with E-state index in [4.69, 9.17) is 10.2 Å². The van der Waals surface area contributed by atoms with Gasteiger partial charge in [-0.25, -0.2) is 0 Å². The maximum atomic E-state index is 4.94. The Hall–Kier alpha value is -1.08. The molecule has 7 heteroatoms. The number of fused-ring (bicyclic) bond motifs is 2. The Bertz CT molecular complexity index is 897. The summed E-state index contributed by atoms with van der Waals surface area (Å²) in [7, 11) is 0. The Balaban J connectivity index is 1.75. The van der Waals surface area contributed by atoms with Crippen LogP contribution in [0.25, 0.3) is 22.1 Å². The van der Waals surface area contributed by atoms with Gasteiger partial charge in [-0.15, -0.1) is 0 Å². The van der Waals surface area contributed by atoms with E-state index in [-0.39, 0.29) is 0 Å². The van der Waals surface area contributed by atoms with Gasteiger partial charge < -0.3 is 0 Å². The summed E-state index contributed by atoms with van der Waals surface area (Å²) in [6.07, 6.45) is 21.5. The van der Waals surface area contributed by atoms with Gasteiger partial charge >= 0.3 is 0 Å². The minimum atomic E-state index is 0.350. The predicted molar refractivity (Wildman–Crippen MR) is 141 cm³/mol. The SMILES string of the molecule is CCCCCCCCC(CCCCCCCC)n1nc2c(Br)c3nccnc3c(Br)c2n1. The third kappa shape index (κ3) is 6.72. The second kappa shape index (κ2) is 13.6. The fraction of sp³-hybridized carbons (Fsp3) is 0.680. The molecule has 3 aromatic rings. The van der Waals surface area contributed by atoms with Gasteiger partial charge in [-0.1, -0.05) is 90.9 Å². The molecule has 0 spiro atoms. The molecule has 0 atom stereocenters. The summed E-state index contributed by atoms with van der Waals surface area (Å²) in [5.41, 5.74) is 3.37. The van der Waals surface area contributed by atoms with Crippen molar-refractivity contribution in [3.63, 3.8) is 0 Å². The molecule has 3 rings (SSSR count). The highest BCUT2D eigenvalue weighted by Crippen LogP contribution is 2.36. The van der Waals surface area contributed by atoms with E-state index >= 15 is 0 Å². The van der Waals surface area contributed by atoms with Gasteiger partial charge in [0.2, 0.25) is 0 Å². The molecule has 0 aliphatic carbocycles. The van der Waals surface area contributed by atoms with Crippen molar-refractivity contribution in [3.05, 3.63) is 21.3 Å². The number of aromatic nitrogens is 5. The van der Waals surface area contributed by atoms with Crippen molar-refractivity contribution < 1.29 is 0 Å². The Labute approximate surface area is 209 Å². The molecule has 0 bridgehead atoms. The molecule has 0 fully saturated rings.